The maximum absolute atomic E-state index is 13.7. The molecule has 0 radical (unpaired) electrons. The van der Waals surface area contributed by atoms with E-state index in [0.717, 1.165) is 10.9 Å². The Hall–Kier alpha value is -1.44. The molecule has 20 heavy (non-hydrogen) atoms. The first-order chi connectivity index (χ1) is 9.38. The van der Waals surface area contributed by atoms with Crippen LogP contribution in [-0.2, 0) is 16.4 Å². The zero-order chi connectivity index (χ0) is 14.8. The van der Waals surface area contributed by atoms with E-state index in [-0.39, 0.29) is 16.6 Å². The molecule has 0 aliphatic rings. The highest BCUT2D eigenvalue weighted by molar-refractivity contribution is 7.89. The maximum Gasteiger partial charge on any atom is 0.243 e. The minimum absolute atomic E-state index is 0.188. The predicted molar refractivity (Wildman–Crippen MR) is 78.6 cm³/mol. The van der Waals surface area contributed by atoms with Gasteiger partial charge in [-0.05, 0) is 43.0 Å². The molecule has 4 nitrogen and oxygen atoms in total. The summed E-state index contributed by atoms with van der Waals surface area (Å²) in [7, 11) is -3.89. The van der Waals surface area contributed by atoms with Crippen molar-refractivity contribution in [2.24, 2.45) is 0 Å². The fourth-order valence-electron chi connectivity index (χ4n) is 1.84. The van der Waals surface area contributed by atoms with Crippen LogP contribution in [0.4, 0.5) is 10.1 Å². The van der Waals surface area contributed by atoms with E-state index in [1.54, 1.807) is 18.3 Å². The Balaban J connectivity index is 2.14. The number of sulfonamides is 1. The van der Waals surface area contributed by atoms with Crippen LogP contribution in [0.1, 0.15) is 11.8 Å². The van der Waals surface area contributed by atoms with Crippen LogP contribution in [0.25, 0.3) is 0 Å². The molecule has 0 saturated heterocycles. The Morgan fingerprint density at radius 2 is 2.15 bits per heavy atom. The second kappa shape index (κ2) is 5.90. The summed E-state index contributed by atoms with van der Waals surface area (Å²) in [5.41, 5.74) is 5.60. The van der Waals surface area contributed by atoms with Crippen LogP contribution in [0, 0.1) is 5.82 Å². The second-order valence-corrected chi connectivity index (χ2v) is 7.21. The van der Waals surface area contributed by atoms with Gasteiger partial charge in [-0.3, -0.25) is 0 Å². The van der Waals surface area contributed by atoms with Crippen LogP contribution in [0.2, 0.25) is 0 Å². The zero-order valence-electron chi connectivity index (χ0n) is 10.8. The molecule has 1 atom stereocenters. The second-order valence-electron chi connectivity index (χ2n) is 4.50. The van der Waals surface area contributed by atoms with Gasteiger partial charge in [0.15, 0.2) is 0 Å². The molecule has 1 aromatic heterocycles. The summed E-state index contributed by atoms with van der Waals surface area (Å²) in [4.78, 5) is 0.683. The molecule has 7 heteroatoms. The number of anilines is 1. The highest BCUT2D eigenvalue weighted by Gasteiger charge is 2.21. The van der Waals surface area contributed by atoms with Crippen molar-refractivity contribution in [3.63, 3.8) is 0 Å². The van der Waals surface area contributed by atoms with E-state index in [0.29, 0.717) is 6.42 Å². The quantitative estimate of drug-likeness (QED) is 0.832. The van der Waals surface area contributed by atoms with Crippen LogP contribution in [0.5, 0.6) is 0 Å². The molecule has 0 aliphatic heterocycles. The molecule has 108 valence electrons. The number of rotatable bonds is 5. The smallest absolute Gasteiger partial charge is 0.243 e. The molecule has 0 fully saturated rings. The SMILES string of the molecule is CC(Cc1cccs1)NS(=O)(=O)c1ccc(N)cc1F. The third kappa shape index (κ3) is 3.56. The number of hydrogen-bond acceptors (Lipinski definition) is 4. The van der Waals surface area contributed by atoms with E-state index >= 15 is 0 Å². The average Bonchev–Trinajstić information content (AvgIpc) is 2.79. The average molecular weight is 314 g/mol. The lowest BCUT2D eigenvalue weighted by Gasteiger charge is -2.14. The Morgan fingerprint density at radius 3 is 2.75 bits per heavy atom. The van der Waals surface area contributed by atoms with Crippen molar-refractivity contribution in [1.82, 2.24) is 4.72 Å². The van der Waals surface area contributed by atoms with Gasteiger partial charge in [-0.1, -0.05) is 6.07 Å². The van der Waals surface area contributed by atoms with Crippen LogP contribution in [-0.4, -0.2) is 14.5 Å². The van der Waals surface area contributed by atoms with Crippen LogP contribution in [0.15, 0.2) is 40.6 Å². The number of halogens is 1. The number of hydrogen-bond donors (Lipinski definition) is 2. The monoisotopic (exact) mass is 314 g/mol. The minimum atomic E-state index is -3.89. The van der Waals surface area contributed by atoms with Gasteiger partial charge in [0.1, 0.15) is 10.7 Å². The van der Waals surface area contributed by atoms with E-state index in [9.17, 15) is 12.8 Å². The highest BCUT2D eigenvalue weighted by atomic mass is 32.2. The Bertz CT molecular complexity index is 684. The van der Waals surface area contributed by atoms with Gasteiger partial charge in [-0.15, -0.1) is 11.3 Å². The van der Waals surface area contributed by atoms with Crippen molar-refractivity contribution in [3.8, 4) is 0 Å². The molecule has 0 bridgehead atoms. The predicted octanol–water partition coefficient (Wildman–Crippen LogP) is 2.38. The number of nitrogen functional groups attached to an aromatic ring is 1. The highest BCUT2D eigenvalue weighted by Crippen LogP contribution is 2.18. The molecule has 0 saturated carbocycles. The standard InChI is InChI=1S/C13H15FN2O2S2/c1-9(7-11-3-2-6-19-11)16-20(17,18)13-5-4-10(15)8-12(13)14/h2-6,8-9,16H,7,15H2,1H3. The number of thiophene rings is 1. The normalized spacial score (nSPS) is 13.3. The van der Waals surface area contributed by atoms with Crippen molar-refractivity contribution < 1.29 is 12.8 Å². The largest absolute Gasteiger partial charge is 0.399 e. The molecule has 2 aromatic rings. The number of benzene rings is 1. The van der Waals surface area contributed by atoms with E-state index in [2.05, 4.69) is 4.72 Å². The molecule has 0 amide bonds. The van der Waals surface area contributed by atoms with Crippen molar-refractivity contribution in [3.05, 3.63) is 46.4 Å². The molecule has 0 aliphatic carbocycles. The molecule has 0 spiro atoms. The van der Waals surface area contributed by atoms with E-state index in [4.69, 9.17) is 5.73 Å². The first-order valence-electron chi connectivity index (χ1n) is 5.98. The van der Waals surface area contributed by atoms with Gasteiger partial charge in [-0.25, -0.2) is 17.5 Å². The lowest BCUT2D eigenvalue weighted by atomic mass is 10.2. The maximum atomic E-state index is 13.7. The molecule has 1 aromatic carbocycles. The molecule has 2 rings (SSSR count). The topological polar surface area (TPSA) is 72.2 Å². The Kier molecular flexibility index (Phi) is 4.42. The van der Waals surface area contributed by atoms with Crippen molar-refractivity contribution in [1.29, 1.82) is 0 Å². The van der Waals surface area contributed by atoms with Crippen molar-refractivity contribution in [2.45, 2.75) is 24.3 Å². The van der Waals surface area contributed by atoms with Crippen LogP contribution < -0.4 is 10.5 Å². The summed E-state index contributed by atoms with van der Waals surface area (Å²) < 4.78 is 40.4. The first-order valence-corrected chi connectivity index (χ1v) is 8.34. The fourth-order valence-corrected chi connectivity index (χ4v) is 3.97. The third-order valence-corrected chi connectivity index (χ3v) is 5.21. The van der Waals surface area contributed by atoms with Crippen LogP contribution in [0.3, 0.4) is 0 Å². The fraction of sp³-hybridized carbons (Fsp3) is 0.231. The van der Waals surface area contributed by atoms with Crippen LogP contribution >= 0.6 is 11.3 Å². The number of nitrogens with one attached hydrogen (secondary N) is 1. The van der Waals surface area contributed by atoms with Gasteiger partial charge in [0.25, 0.3) is 0 Å². The minimum Gasteiger partial charge on any atom is -0.399 e. The lowest BCUT2D eigenvalue weighted by molar-refractivity contribution is 0.543. The van der Waals surface area contributed by atoms with Gasteiger partial charge < -0.3 is 5.73 Å². The lowest BCUT2D eigenvalue weighted by Crippen LogP contribution is -2.34. The molecule has 1 unspecified atom stereocenters. The summed E-state index contributed by atoms with van der Waals surface area (Å²) in [6, 6.07) is 7.04. The van der Waals surface area contributed by atoms with Gasteiger partial charge in [-0.2, -0.15) is 0 Å². The Morgan fingerprint density at radius 1 is 1.40 bits per heavy atom. The molecular formula is C13H15FN2O2S2. The van der Waals surface area contributed by atoms with Gasteiger partial charge in [0.05, 0.1) is 0 Å². The van der Waals surface area contributed by atoms with Gasteiger partial charge in [0.2, 0.25) is 10.0 Å². The molecule has 1 heterocycles. The van der Waals surface area contributed by atoms with E-state index in [1.807, 2.05) is 17.5 Å². The summed E-state index contributed by atoms with van der Waals surface area (Å²) in [6.45, 7) is 1.74. The van der Waals surface area contributed by atoms with Crippen molar-refractivity contribution in [2.75, 3.05) is 5.73 Å². The first kappa shape index (κ1) is 15.0. The summed E-state index contributed by atoms with van der Waals surface area (Å²) >= 11 is 1.55. The summed E-state index contributed by atoms with van der Waals surface area (Å²) in [5, 5.41) is 1.93. The number of nitrogens with two attached hydrogens (primary N) is 1. The molecular weight excluding hydrogens is 299 g/mol. The van der Waals surface area contributed by atoms with E-state index in [1.165, 1.54) is 12.1 Å². The van der Waals surface area contributed by atoms with Crippen molar-refractivity contribution >= 4 is 27.0 Å². The zero-order valence-corrected chi connectivity index (χ0v) is 12.5. The third-order valence-electron chi connectivity index (χ3n) is 2.69. The van der Waals surface area contributed by atoms with Gasteiger partial charge >= 0.3 is 0 Å². The van der Waals surface area contributed by atoms with E-state index < -0.39 is 15.8 Å². The summed E-state index contributed by atoms with van der Waals surface area (Å²) in [5.74, 6) is -0.846. The molecule has 3 N–H and O–H groups in total. The summed E-state index contributed by atoms with van der Waals surface area (Å²) in [6.07, 6.45) is 0.563. The Labute approximate surface area is 121 Å². The van der Waals surface area contributed by atoms with Gasteiger partial charge in [0, 0.05) is 16.6 Å².